The van der Waals surface area contributed by atoms with Crippen molar-refractivity contribution >= 4 is 33.6 Å². The number of halogens is 2. The van der Waals surface area contributed by atoms with Gasteiger partial charge in [-0.1, -0.05) is 71.2 Å². The Morgan fingerprint density at radius 3 is 2.46 bits per heavy atom. The van der Waals surface area contributed by atoms with E-state index in [4.69, 9.17) is 16.3 Å². The first-order chi connectivity index (χ1) is 13.6. The Morgan fingerprint density at radius 1 is 1.11 bits per heavy atom. The van der Waals surface area contributed by atoms with Gasteiger partial charge in [-0.2, -0.15) is 0 Å². The third-order valence-corrected chi connectivity index (χ3v) is 5.65. The highest BCUT2D eigenvalue weighted by Gasteiger charge is 2.29. The summed E-state index contributed by atoms with van der Waals surface area (Å²) in [5.74, 6) is 0. The lowest BCUT2D eigenvalue weighted by atomic mass is 9.96. The summed E-state index contributed by atoms with van der Waals surface area (Å²) in [5.41, 5.74) is 2.36. The van der Waals surface area contributed by atoms with Crippen LogP contribution in [0.2, 0.25) is 5.02 Å². The van der Waals surface area contributed by atoms with Crippen LogP contribution in [-0.4, -0.2) is 48.7 Å². The Balaban J connectivity index is 1.75. The Morgan fingerprint density at radius 2 is 1.82 bits per heavy atom. The molecule has 1 saturated heterocycles. The van der Waals surface area contributed by atoms with Crippen molar-refractivity contribution in [3.05, 3.63) is 69.2 Å². The van der Waals surface area contributed by atoms with Crippen LogP contribution in [0.15, 0.2) is 53.0 Å². The maximum atomic E-state index is 12.2. The molecular formula is C22H26BrClN2O2. The van der Waals surface area contributed by atoms with Gasteiger partial charge in [-0.15, -0.1) is 0 Å². The Labute approximate surface area is 180 Å². The number of hydrogen-bond donors (Lipinski definition) is 0. The molecule has 0 bridgehead atoms. The van der Waals surface area contributed by atoms with Gasteiger partial charge >= 0.3 is 6.09 Å². The zero-order valence-corrected chi connectivity index (χ0v) is 18.5. The van der Waals surface area contributed by atoms with E-state index in [1.807, 2.05) is 23.1 Å². The van der Waals surface area contributed by atoms with Crippen LogP contribution in [0.3, 0.4) is 0 Å². The lowest BCUT2D eigenvalue weighted by Crippen LogP contribution is -2.50. The number of hydrogen-bond acceptors (Lipinski definition) is 3. The number of unbranched alkanes of at least 4 members (excludes halogenated alkanes) is 1. The minimum Gasteiger partial charge on any atom is -0.449 e. The van der Waals surface area contributed by atoms with Gasteiger partial charge < -0.3 is 9.64 Å². The van der Waals surface area contributed by atoms with Crippen LogP contribution in [-0.2, 0) is 4.74 Å². The first-order valence-electron chi connectivity index (χ1n) is 9.75. The second-order valence-corrected chi connectivity index (χ2v) is 8.36. The molecule has 4 nitrogen and oxygen atoms in total. The third kappa shape index (κ3) is 5.49. The second-order valence-electron chi connectivity index (χ2n) is 7.01. The van der Waals surface area contributed by atoms with Crippen molar-refractivity contribution in [2.45, 2.75) is 25.8 Å². The van der Waals surface area contributed by atoms with Crippen LogP contribution in [0.1, 0.15) is 36.9 Å². The average Bonchev–Trinajstić information content (AvgIpc) is 2.69. The summed E-state index contributed by atoms with van der Waals surface area (Å²) in [6.45, 7) is 5.48. The van der Waals surface area contributed by atoms with Gasteiger partial charge in [0.15, 0.2) is 0 Å². The third-order valence-electron chi connectivity index (χ3n) is 4.98. The molecule has 6 heteroatoms. The van der Waals surface area contributed by atoms with E-state index in [-0.39, 0.29) is 12.1 Å². The van der Waals surface area contributed by atoms with Crippen molar-refractivity contribution in [3.8, 4) is 0 Å². The van der Waals surface area contributed by atoms with E-state index in [0.29, 0.717) is 24.7 Å². The molecule has 1 heterocycles. The van der Waals surface area contributed by atoms with Crippen molar-refractivity contribution in [2.24, 2.45) is 0 Å². The van der Waals surface area contributed by atoms with Gasteiger partial charge in [0.25, 0.3) is 0 Å². The quantitative estimate of drug-likeness (QED) is 0.510. The molecule has 150 valence electrons. The van der Waals surface area contributed by atoms with Gasteiger partial charge in [-0.25, -0.2) is 4.79 Å². The molecule has 0 aliphatic carbocycles. The highest BCUT2D eigenvalue weighted by molar-refractivity contribution is 9.10. The molecule has 0 N–H and O–H groups in total. The molecule has 2 aromatic carbocycles. The zero-order valence-electron chi connectivity index (χ0n) is 16.1. The van der Waals surface area contributed by atoms with E-state index in [1.165, 1.54) is 5.56 Å². The molecule has 1 unspecified atom stereocenters. The van der Waals surface area contributed by atoms with E-state index >= 15 is 0 Å². The predicted molar refractivity (Wildman–Crippen MR) is 117 cm³/mol. The summed E-state index contributed by atoms with van der Waals surface area (Å²) in [4.78, 5) is 16.5. The number of carbonyl (C=O) groups excluding carboxylic acids is 1. The van der Waals surface area contributed by atoms with Crippen molar-refractivity contribution < 1.29 is 9.53 Å². The highest BCUT2D eigenvalue weighted by Crippen LogP contribution is 2.33. The topological polar surface area (TPSA) is 32.8 Å². The Kier molecular flexibility index (Phi) is 7.77. The minimum atomic E-state index is -0.199. The average molecular weight is 466 g/mol. The van der Waals surface area contributed by atoms with Gasteiger partial charge in [-0.3, -0.25) is 4.90 Å². The predicted octanol–water partition coefficient (Wildman–Crippen LogP) is 5.75. The van der Waals surface area contributed by atoms with Crippen LogP contribution in [0.5, 0.6) is 0 Å². The maximum Gasteiger partial charge on any atom is 0.409 e. The van der Waals surface area contributed by atoms with Crippen LogP contribution < -0.4 is 0 Å². The number of ether oxygens (including phenoxy) is 1. The van der Waals surface area contributed by atoms with E-state index in [2.05, 4.69) is 58.1 Å². The maximum absolute atomic E-state index is 12.2. The van der Waals surface area contributed by atoms with Gasteiger partial charge in [0.2, 0.25) is 0 Å². The normalized spacial score (nSPS) is 16.0. The van der Waals surface area contributed by atoms with Crippen molar-refractivity contribution in [3.63, 3.8) is 0 Å². The molecule has 0 radical (unpaired) electrons. The molecule has 1 amide bonds. The summed E-state index contributed by atoms with van der Waals surface area (Å²) in [6.07, 6.45) is 1.73. The number of piperazine rings is 1. The summed E-state index contributed by atoms with van der Waals surface area (Å²) in [7, 11) is 0. The molecule has 1 atom stereocenters. The summed E-state index contributed by atoms with van der Waals surface area (Å²) < 4.78 is 6.33. The second kappa shape index (κ2) is 10.3. The number of benzene rings is 2. The molecule has 3 rings (SSSR count). The number of amides is 1. The van der Waals surface area contributed by atoms with Crippen LogP contribution in [0.25, 0.3) is 0 Å². The molecule has 1 aliphatic rings. The Hall–Kier alpha value is -1.56. The lowest BCUT2D eigenvalue weighted by molar-refractivity contribution is 0.0679. The van der Waals surface area contributed by atoms with Gasteiger partial charge in [0.1, 0.15) is 0 Å². The van der Waals surface area contributed by atoms with Crippen LogP contribution in [0, 0.1) is 0 Å². The van der Waals surface area contributed by atoms with E-state index in [0.717, 1.165) is 36.0 Å². The highest BCUT2D eigenvalue weighted by atomic mass is 79.9. The van der Waals surface area contributed by atoms with Crippen molar-refractivity contribution in [1.82, 2.24) is 9.80 Å². The standard InChI is InChI=1S/C22H26BrClN2O2/c1-2-3-13-28-22(27)26-11-9-25(10-12-26)21(17-7-5-4-6-8-17)18-14-19(23)16-20(24)15-18/h4-8,14-16,21H,2-3,9-13H2,1H3. The fourth-order valence-electron chi connectivity index (χ4n) is 3.54. The molecule has 1 aliphatic heterocycles. The van der Waals surface area contributed by atoms with Gasteiger partial charge in [-0.05, 0) is 35.7 Å². The molecule has 0 saturated carbocycles. The lowest BCUT2D eigenvalue weighted by Gasteiger charge is -2.39. The van der Waals surface area contributed by atoms with Crippen LogP contribution in [0.4, 0.5) is 4.79 Å². The largest absolute Gasteiger partial charge is 0.449 e. The van der Waals surface area contributed by atoms with Crippen molar-refractivity contribution in [2.75, 3.05) is 32.8 Å². The van der Waals surface area contributed by atoms with E-state index in [1.54, 1.807) is 0 Å². The van der Waals surface area contributed by atoms with Gasteiger partial charge in [0, 0.05) is 35.7 Å². The van der Waals surface area contributed by atoms with Crippen molar-refractivity contribution in [1.29, 1.82) is 0 Å². The SMILES string of the molecule is CCCCOC(=O)N1CCN(C(c2ccccc2)c2cc(Cl)cc(Br)c2)CC1. The van der Waals surface area contributed by atoms with E-state index in [9.17, 15) is 4.79 Å². The number of carbonyl (C=O) groups is 1. The fourth-order valence-corrected chi connectivity index (χ4v) is 4.43. The Bertz CT molecular complexity index is 759. The van der Waals surface area contributed by atoms with E-state index < -0.39 is 0 Å². The summed E-state index contributed by atoms with van der Waals surface area (Å²) >= 11 is 9.89. The molecule has 28 heavy (non-hydrogen) atoms. The number of rotatable bonds is 6. The smallest absolute Gasteiger partial charge is 0.409 e. The monoisotopic (exact) mass is 464 g/mol. The molecule has 0 aromatic heterocycles. The zero-order chi connectivity index (χ0) is 19.9. The molecule has 2 aromatic rings. The molecular weight excluding hydrogens is 440 g/mol. The summed E-state index contributed by atoms with van der Waals surface area (Å²) in [6, 6.07) is 16.6. The summed E-state index contributed by atoms with van der Waals surface area (Å²) in [5, 5.41) is 0.712. The van der Waals surface area contributed by atoms with Gasteiger partial charge in [0.05, 0.1) is 12.6 Å². The molecule has 1 fully saturated rings. The van der Waals surface area contributed by atoms with Crippen LogP contribution >= 0.6 is 27.5 Å². The number of nitrogens with zero attached hydrogens (tertiary/aromatic N) is 2. The first-order valence-corrected chi connectivity index (χ1v) is 10.9. The fraction of sp³-hybridized carbons (Fsp3) is 0.409. The molecule has 0 spiro atoms. The first kappa shape index (κ1) is 21.2. The minimum absolute atomic E-state index is 0.0921.